The molecule has 0 saturated heterocycles. The van der Waals surface area contributed by atoms with Crippen molar-refractivity contribution in [1.29, 1.82) is 0 Å². The van der Waals surface area contributed by atoms with Gasteiger partial charge >= 0.3 is 0 Å². The smallest absolute Gasteiger partial charge is 0.231 e. The van der Waals surface area contributed by atoms with Crippen molar-refractivity contribution in [3.63, 3.8) is 0 Å². The maximum atomic E-state index is 12.2. The lowest BCUT2D eigenvalue weighted by Gasteiger charge is -2.25. The molecule has 0 unspecified atom stereocenters. The Labute approximate surface area is 161 Å². The maximum Gasteiger partial charge on any atom is 0.231 e. The molecule has 5 rings (SSSR count). The number of aryl methyl sites for hydroxylation is 1. The molecule has 26 heavy (non-hydrogen) atoms. The highest BCUT2D eigenvalue weighted by molar-refractivity contribution is 7.10. The van der Waals surface area contributed by atoms with Gasteiger partial charge in [0, 0.05) is 28.9 Å². The SMILES string of the molecule is O=C1Cc2cc(-c3csc(Cc4cccc(Cl)c4)n3)cc3c2N1CCC3. The predicted octanol–water partition coefficient (Wildman–Crippen LogP) is 4.89. The molecule has 3 nitrogen and oxygen atoms in total. The summed E-state index contributed by atoms with van der Waals surface area (Å²) in [7, 11) is 0. The summed E-state index contributed by atoms with van der Waals surface area (Å²) in [4.78, 5) is 19.0. The van der Waals surface area contributed by atoms with Crippen LogP contribution in [0.4, 0.5) is 5.69 Å². The molecule has 0 saturated carbocycles. The molecule has 1 aromatic heterocycles. The summed E-state index contributed by atoms with van der Waals surface area (Å²) in [5.41, 5.74) is 6.92. The molecule has 1 amide bonds. The van der Waals surface area contributed by atoms with E-state index in [0.29, 0.717) is 6.42 Å². The highest BCUT2D eigenvalue weighted by atomic mass is 35.5. The van der Waals surface area contributed by atoms with Crippen LogP contribution in [0.1, 0.15) is 28.1 Å². The second-order valence-corrected chi connectivity index (χ2v) is 8.28. The number of thiazole rings is 1. The van der Waals surface area contributed by atoms with E-state index in [1.165, 1.54) is 16.8 Å². The first-order valence-electron chi connectivity index (χ1n) is 8.83. The minimum Gasteiger partial charge on any atom is -0.312 e. The summed E-state index contributed by atoms with van der Waals surface area (Å²) >= 11 is 7.76. The van der Waals surface area contributed by atoms with Crippen LogP contribution in [-0.2, 0) is 24.1 Å². The van der Waals surface area contributed by atoms with Gasteiger partial charge in [-0.1, -0.05) is 23.7 Å². The molecule has 0 fully saturated rings. The Bertz CT molecular complexity index is 1030. The van der Waals surface area contributed by atoms with E-state index >= 15 is 0 Å². The maximum absolute atomic E-state index is 12.2. The zero-order chi connectivity index (χ0) is 17.7. The fourth-order valence-corrected chi connectivity index (χ4v) is 5.02. The second kappa shape index (κ2) is 6.22. The highest BCUT2D eigenvalue weighted by Crippen LogP contribution is 2.40. The number of rotatable bonds is 3. The molecule has 0 aliphatic carbocycles. The number of hydrogen-bond acceptors (Lipinski definition) is 3. The standard InChI is InChI=1S/C21H17ClN2OS/c22-17-5-1-3-13(7-17)8-19-23-18(12-26-19)15-9-14-4-2-6-24-20(25)11-16(10-15)21(14)24/h1,3,5,7,9-10,12H,2,4,6,8,11H2. The first kappa shape index (κ1) is 16.0. The van der Waals surface area contributed by atoms with Crippen molar-refractivity contribution < 1.29 is 4.79 Å². The molecular weight excluding hydrogens is 364 g/mol. The zero-order valence-electron chi connectivity index (χ0n) is 14.2. The third-order valence-electron chi connectivity index (χ3n) is 5.10. The van der Waals surface area contributed by atoms with E-state index in [9.17, 15) is 4.79 Å². The number of hydrogen-bond donors (Lipinski definition) is 0. The lowest BCUT2D eigenvalue weighted by molar-refractivity contribution is -0.117. The fourth-order valence-electron chi connectivity index (χ4n) is 3.97. The minimum atomic E-state index is 0.234. The summed E-state index contributed by atoms with van der Waals surface area (Å²) in [6, 6.07) is 12.3. The van der Waals surface area contributed by atoms with Gasteiger partial charge in [0.05, 0.1) is 22.8 Å². The second-order valence-electron chi connectivity index (χ2n) is 6.90. The Hall–Kier alpha value is -2.17. The first-order chi connectivity index (χ1) is 12.7. The number of nitrogens with zero attached hydrogens (tertiary/aromatic N) is 2. The van der Waals surface area contributed by atoms with Crippen LogP contribution in [-0.4, -0.2) is 17.4 Å². The average Bonchev–Trinajstić information content (AvgIpc) is 3.21. The molecule has 0 bridgehead atoms. The summed E-state index contributed by atoms with van der Waals surface area (Å²) in [5, 5.41) is 3.95. The lowest BCUT2D eigenvalue weighted by Crippen LogP contribution is -2.31. The average molecular weight is 381 g/mol. The van der Waals surface area contributed by atoms with Crippen molar-refractivity contribution in [2.24, 2.45) is 0 Å². The van der Waals surface area contributed by atoms with Crippen LogP contribution >= 0.6 is 22.9 Å². The van der Waals surface area contributed by atoms with Gasteiger partial charge in [0.15, 0.2) is 0 Å². The quantitative estimate of drug-likeness (QED) is 0.648. The Morgan fingerprint density at radius 2 is 2.08 bits per heavy atom. The van der Waals surface area contributed by atoms with Gasteiger partial charge in [0.1, 0.15) is 0 Å². The molecule has 5 heteroatoms. The number of aromatic nitrogens is 1. The number of carbonyl (C=O) groups excluding carboxylic acids is 1. The van der Waals surface area contributed by atoms with Gasteiger partial charge in [-0.25, -0.2) is 4.98 Å². The van der Waals surface area contributed by atoms with E-state index < -0.39 is 0 Å². The van der Waals surface area contributed by atoms with Crippen LogP contribution < -0.4 is 4.90 Å². The van der Waals surface area contributed by atoms with Crippen LogP contribution in [0.3, 0.4) is 0 Å². The van der Waals surface area contributed by atoms with E-state index in [-0.39, 0.29) is 5.91 Å². The predicted molar refractivity (Wildman–Crippen MR) is 106 cm³/mol. The first-order valence-corrected chi connectivity index (χ1v) is 10.1. The Morgan fingerprint density at radius 3 is 2.96 bits per heavy atom. The van der Waals surface area contributed by atoms with E-state index in [2.05, 4.69) is 23.6 Å². The van der Waals surface area contributed by atoms with Crippen LogP contribution in [0.25, 0.3) is 11.3 Å². The number of halogens is 1. The third kappa shape index (κ3) is 2.74. The molecule has 2 aliphatic heterocycles. The highest BCUT2D eigenvalue weighted by Gasteiger charge is 2.32. The van der Waals surface area contributed by atoms with Crippen molar-refractivity contribution in [2.75, 3.05) is 11.4 Å². The summed E-state index contributed by atoms with van der Waals surface area (Å²) < 4.78 is 0. The van der Waals surface area contributed by atoms with Crippen molar-refractivity contribution >= 4 is 34.5 Å². The summed E-state index contributed by atoms with van der Waals surface area (Å²) in [6.07, 6.45) is 3.39. The van der Waals surface area contributed by atoms with Crippen LogP contribution in [0.15, 0.2) is 41.8 Å². The molecule has 0 radical (unpaired) electrons. The zero-order valence-corrected chi connectivity index (χ0v) is 15.7. The van der Waals surface area contributed by atoms with Crippen molar-refractivity contribution in [1.82, 2.24) is 4.98 Å². The molecule has 0 N–H and O–H groups in total. The molecular formula is C21H17ClN2OS. The van der Waals surface area contributed by atoms with Gasteiger partial charge in [0.25, 0.3) is 0 Å². The minimum absolute atomic E-state index is 0.234. The van der Waals surface area contributed by atoms with E-state index in [4.69, 9.17) is 16.6 Å². The molecule has 2 aromatic carbocycles. The van der Waals surface area contributed by atoms with Gasteiger partial charge in [-0.3, -0.25) is 4.79 Å². The number of carbonyl (C=O) groups is 1. The van der Waals surface area contributed by atoms with Crippen molar-refractivity contribution in [3.05, 3.63) is 68.5 Å². The molecule has 2 aliphatic rings. The van der Waals surface area contributed by atoms with E-state index in [0.717, 1.165) is 52.7 Å². The molecule has 3 aromatic rings. The Kier molecular flexibility index (Phi) is 3.84. The van der Waals surface area contributed by atoms with Gasteiger partial charge in [-0.2, -0.15) is 0 Å². The fraction of sp³-hybridized carbons (Fsp3) is 0.238. The Balaban J connectivity index is 1.47. The van der Waals surface area contributed by atoms with Crippen molar-refractivity contribution in [2.45, 2.75) is 25.7 Å². The summed E-state index contributed by atoms with van der Waals surface area (Å²) in [5.74, 6) is 0.234. The number of amides is 1. The van der Waals surface area contributed by atoms with Crippen LogP contribution in [0.2, 0.25) is 5.02 Å². The Morgan fingerprint density at radius 1 is 1.19 bits per heavy atom. The van der Waals surface area contributed by atoms with Crippen LogP contribution in [0.5, 0.6) is 0 Å². The normalized spacial score (nSPS) is 15.4. The molecule has 3 heterocycles. The number of benzene rings is 2. The third-order valence-corrected chi connectivity index (χ3v) is 6.18. The van der Waals surface area contributed by atoms with Gasteiger partial charge < -0.3 is 4.90 Å². The van der Waals surface area contributed by atoms with Crippen molar-refractivity contribution in [3.8, 4) is 11.3 Å². The lowest BCUT2D eigenvalue weighted by atomic mass is 9.96. The van der Waals surface area contributed by atoms with E-state index in [1.54, 1.807) is 11.3 Å². The molecule has 0 atom stereocenters. The van der Waals surface area contributed by atoms with Crippen LogP contribution in [0, 0.1) is 0 Å². The topological polar surface area (TPSA) is 33.2 Å². The number of anilines is 1. The van der Waals surface area contributed by atoms with Gasteiger partial charge in [-0.15, -0.1) is 11.3 Å². The van der Waals surface area contributed by atoms with Gasteiger partial charge in [0.2, 0.25) is 5.91 Å². The largest absolute Gasteiger partial charge is 0.312 e. The molecule has 0 spiro atoms. The van der Waals surface area contributed by atoms with Gasteiger partial charge in [-0.05, 0) is 53.8 Å². The molecule has 130 valence electrons. The van der Waals surface area contributed by atoms with E-state index in [1.807, 2.05) is 23.1 Å². The summed E-state index contributed by atoms with van der Waals surface area (Å²) in [6.45, 7) is 0.860. The monoisotopic (exact) mass is 380 g/mol.